The summed E-state index contributed by atoms with van der Waals surface area (Å²) in [6.07, 6.45) is 1.14. The Balaban J connectivity index is 1.85. The molecule has 1 atom stereocenters. The normalized spacial score (nSPS) is 16.9. The van der Waals surface area contributed by atoms with Gasteiger partial charge in [0.25, 0.3) is 5.91 Å². The fraction of sp³-hybridized carbons (Fsp3) is 0.400. The lowest BCUT2D eigenvalue weighted by atomic mass is 9.75. The van der Waals surface area contributed by atoms with Gasteiger partial charge in [-0.05, 0) is 48.9 Å². The lowest BCUT2D eigenvalue weighted by Crippen LogP contribution is -2.27. The third-order valence-corrected chi connectivity index (χ3v) is 4.92. The molecule has 2 aromatic rings. The van der Waals surface area contributed by atoms with Crippen molar-refractivity contribution < 1.29 is 18.4 Å². The SMILES string of the molecule is Cc1c(C(=O)N[C@@H](C)c2ccc(F)c(F)c2)[nH]c2c1C(=O)CC(C)(C)C2. The Morgan fingerprint density at radius 1 is 1.23 bits per heavy atom. The molecule has 1 aromatic heterocycles. The number of benzene rings is 1. The highest BCUT2D eigenvalue weighted by Gasteiger charge is 2.35. The Morgan fingerprint density at radius 2 is 1.92 bits per heavy atom. The van der Waals surface area contributed by atoms with E-state index in [0.29, 0.717) is 35.2 Å². The minimum Gasteiger partial charge on any atom is -0.354 e. The van der Waals surface area contributed by atoms with Gasteiger partial charge >= 0.3 is 0 Å². The van der Waals surface area contributed by atoms with E-state index in [9.17, 15) is 18.4 Å². The summed E-state index contributed by atoms with van der Waals surface area (Å²) >= 11 is 0. The van der Waals surface area contributed by atoms with E-state index in [4.69, 9.17) is 0 Å². The largest absolute Gasteiger partial charge is 0.354 e. The van der Waals surface area contributed by atoms with Crippen LogP contribution in [0.4, 0.5) is 8.78 Å². The number of nitrogens with one attached hydrogen (secondary N) is 2. The molecule has 6 heteroatoms. The maximum absolute atomic E-state index is 13.4. The van der Waals surface area contributed by atoms with Crippen molar-refractivity contribution in [3.05, 3.63) is 57.9 Å². The zero-order valence-corrected chi connectivity index (χ0v) is 15.3. The van der Waals surface area contributed by atoms with E-state index in [1.165, 1.54) is 6.07 Å². The molecular weight excluding hydrogens is 338 g/mol. The summed E-state index contributed by atoms with van der Waals surface area (Å²) in [4.78, 5) is 28.2. The molecule has 3 rings (SSSR count). The molecule has 0 unspecified atom stereocenters. The maximum Gasteiger partial charge on any atom is 0.268 e. The molecule has 0 radical (unpaired) electrons. The second kappa shape index (κ2) is 6.34. The van der Waals surface area contributed by atoms with Crippen molar-refractivity contribution >= 4 is 11.7 Å². The van der Waals surface area contributed by atoms with Crippen LogP contribution in [0.25, 0.3) is 0 Å². The number of carbonyl (C=O) groups is 2. The summed E-state index contributed by atoms with van der Waals surface area (Å²) < 4.78 is 26.5. The van der Waals surface area contributed by atoms with Crippen molar-refractivity contribution in [2.45, 2.75) is 46.6 Å². The van der Waals surface area contributed by atoms with Crippen LogP contribution in [-0.2, 0) is 6.42 Å². The molecule has 1 aliphatic carbocycles. The first-order chi connectivity index (χ1) is 12.1. The zero-order valence-electron chi connectivity index (χ0n) is 15.3. The van der Waals surface area contributed by atoms with Crippen molar-refractivity contribution in [2.75, 3.05) is 0 Å². The molecule has 1 amide bonds. The van der Waals surface area contributed by atoms with Crippen LogP contribution in [0.5, 0.6) is 0 Å². The van der Waals surface area contributed by atoms with Gasteiger partial charge < -0.3 is 10.3 Å². The number of H-pyrrole nitrogens is 1. The second-order valence-electron chi connectivity index (χ2n) is 7.79. The van der Waals surface area contributed by atoms with Crippen LogP contribution in [0.1, 0.15) is 70.9 Å². The van der Waals surface area contributed by atoms with Crippen LogP contribution in [0.3, 0.4) is 0 Å². The first-order valence-corrected chi connectivity index (χ1v) is 8.59. The molecule has 26 heavy (non-hydrogen) atoms. The summed E-state index contributed by atoms with van der Waals surface area (Å²) in [7, 11) is 0. The molecule has 138 valence electrons. The Kier molecular flexibility index (Phi) is 4.46. The van der Waals surface area contributed by atoms with Gasteiger partial charge in [-0.3, -0.25) is 9.59 Å². The molecule has 4 nitrogen and oxygen atoms in total. The van der Waals surface area contributed by atoms with Crippen LogP contribution >= 0.6 is 0 Å². The lowest BCUT2D eigenvalue weighted by molar-refractivity contribution is 0.0909. The van der Waals surface area contributed by atoms with Gasteiger partial charge in [-0.15, -0.1) is 0 Å². The van der Waals surface area contributed by atoms with Crippen molar-refractivity contribution in [3.63, 3.8) is 0 Å². The molecule has 0 bridgehead atoms. The molecule has 2 N–H and O–H groups in total. The average molecular weight is 360 g/mol. The van der Waals surface area contributed by atoms with E-state index >= 15 is 0 Å². The van der Waals surface area contributed by atoms with Gasteiger partial charge in [0.2, 0.25) is 0 Å². The molecule has 1 heterocycles. The van der Waals surface area contributed by atoms with Crippen LogP contribution in [-0.4, -0.2) is 16.7 Å². The second-order valence-corrected chi connectivity index (χ2v) is 7.79. The Bertz CT molecular complexity index is 899. The van der Waals surface area contributed by atoms with E-state index in [1.54, 1.807) is 13.8 Å². The quantitative estimate of drug-likeness (QED) is 0.860. The minimum atomic E-state index is -0.956. The molecule has 0 saturated heterocycles. The number of Topliss-reactive ketones (excluding diaryl/α,β-unsaturated/α-hetero) is 1. The van der Waals surface area contributed by atoms with E-state index in [0.717, 1.165) is 17.8 Å². The maximum atomic E-state index is 13.4. The van der Waals surface area contributed by atoms with Gasteiger partial charge in [-0.25, -0.2) is 8.78 Å². The minimum absolute atomic E-state index is 0.0395. The highest BCUT2D eigenvalue weighted by atomic mass is 19.2. The van der Waals surface area contributed by atoms with Crippen LogP contribution in [0, 0.1) is 24.0 Å². The van der Waals surface area contributed by atoms with Crippen molar-refractivity contribution in [1.29, 1.82) is 0 Å². The summed E-state index contributed by atoms with van der Waals surface area (Å²) in [6.45, 7) is 7.49. The number of hydrogen-bond donors (Lipinski definition) is 2. The van der Waals surface area contributed by atoms with Crippen molar-refractivity contribution in [1.82, 2.24) is 10.3 Å². The summed E-state index contributed by atoms with van der Waals surface area (Å²) in [5.74, 6) is -2.22. The number of aromatic nitrogens is 1. The summed E-state index contributed by atoms with van der Waals surface area (Å²) in [6, 6.07) is 3.03. The van der Waals surface area contributed by atoms with Crippen molar-refractivity contribution in [2.24, 2.45) is 5.41 Å². The highest BCUT2D eigenvalue weighted by molar-refractivity contribution is 6.04. The van der Waals surface area contributed by atoms with Crippen LogP contribution in [0.2, 0.25) is 0 Å². The zero-order chi connectivity index (χ0) is 19.2. The molecule has 1 aromatic carbocycles. The number of fused-ring (bicyclic) bond motifs is 1. The van der Waals surface area contributed by atoms with Crippen LogP contribution in [0.15, 0.2) is 18.2 Å². The van der Waals surface area contributed by atoms with Gasteiger partial charge in [-0.1, -0.05) is 19.9 Å². The highest BCUT2D eigenvalue weighted by Crippen LogP contribution is 2.36. The lowest BCUT2D eigenvalue weighted by Gasteiger charge is -2.28. The van der Waals surface area contributed by atoms with E-state index < -0.39 is 17.7 Å². The number of halogens is 2. The van der Waals surface area contributed by atoms with Gasteiger partial charge in [0.15, 0.2) is 17.4 Å². The molecule has 1 aliphatic rings. The standard InChI is InChI=1S/C20H22F2N2O2/c1-10-17-15(8-20(3,4)9-16(17)25)24-18(10)19(26)23-11(2)12-5-6-13(21)14(22)7-12/h5-7,11,24H,8-9H2,1-4H3,(H,23,26)/t11-/m0/s1. The van der Waals surface area contributed by atoms with Gasteiger partial charge in [0.05, 0.1) is 6.04 Å². The molecule has 0 saturated carbocycles. The monoisotopic (exact) mass is 360 g/mol. The fourth-order valence-corrected chi connectivity index (χ4v) is 3.59. The number of aromatic amines is 1. The number of hydrogen-bond acceptors (Lipinski definition) is 2. The Labute approximate surface area is 151 Å². The average Bonchev–Trinajstić information content (AvgIpc) is 2.85. The number of ketones is 1. The number of rotatable bonds is 3. The first-order valence-electron chi connectivity index (χ1n) is 8.59. The van der Waals surface area contributed by atoms with Gasteiger partial charge in [0, 0.05) is 17.7 Å². The first kappa shape index (κ1) is 18.3. The van der Waals surface area contributed by atoms with E-state index in [2.05, 4.69) is 10.3 Å². The topological polar surface area (TPSA) is 62.0 Å². The van der Waals surface area contributed by atoms with Gasteiger partial charge in [-0.2, -0.15) is 0 Å². The fourth-order valence-electron chi connectivity index (χ4n) is 3.59. The third kappa shape index (κ3) is 3.28. The Hall–Kier alpha value is -2.50. The van der Waals surface area contributed by atoms with Crippen molar-refractivity contribution in [3.8, 4) is 0 Å². The summed E-state index contributed by atoms with van der Waals surface area (Å²) in [5, 5.41) is 2.77. The number of carbonyl (C=O) groups excluding carboxylic acids is 2. The molecule has 0 spiro atoms. The number of amides is 1. The third-order valence-electron chi connectivity index (χ3n) is 4.92. The predicted octanol–water partition coefficient (Wildman–Crippen LogP) is 4.25. The van der Waals surface area contributed by atoms with Gasteiger partial charge in [0.1, 0.15) is 5.69 Å². The molecule has 0 aliphatic heterocycles. The van der Waals surface area contributed by atoms with E-state index in [-0.39, 0.29) is 17.1 Å². The summed E-state index contributed by atoms with van der Waals surface area (Å²) in [5.41, 5.74) is 2.69. The Morgan fingerprint density at radius 3 is 2.58 bits per heavy atom. The van der Waals surface area contributed by atoms with Crippen LogP contribution < -0.4 is 5.32 Å². The molecular formula is C20H22F2N2O2. The smallest absolute Gasteiger partial charge is 0.268 e. The molecule has 0 fully saturated rings. The predicted molar refractivity (Wildman–Crippen MR) is 94.2 cm³/mol. The van der Waals surface area contributed by atoms with E-state index in [1.807, 2.05) is 13.8 Å².